The summed E-state index contributed by atoms with van der Waals surface area (Å²) >= 11 is 0. The van der Waals surface area contributed by atoms with Crippen LogP contribution in [0.25, 0.3) is 0 Å². The minimum absolute atomic E-state index is 0.00432. The number of esters is 1. The lowest BCUT2D eigenvalue weighted by molar-refractivity contribution is -0.157. The summed E-state index contributed by atoms with van der Waals surface area (Å²) in [7, 11) is 0. The Balaban J connectivity index is 2.09. The number of hydrogen-bond acceptors (Lipinski definition) is 6. The zero-order chi connectivity index (χ0) is 22.4. The van der Waals surface area contributed by atoms with Crippen molar-refractivity contribution in [3.63, 3.8) is 0 Å². The molecule has 2 aliphatic rings. The van der Waals surface area contributed by atoms with E-state index >= 15 is 0 Å². The van der Waals surface area contributed by atoms with Crippen molar-refractivity contribution in [2.24, 2.45) is 23.7 Å². The van der Waals surface area contributed by atoms with E-state index in [0.29, 0.717) is 25.7 Å². The number of aliphatic carboxylic acids is 1. The van der Waals surface area contributed by atoms with Gasteiger partial charge >= 0.3 is 11.9 Å². The second kappa shape index (κ2) is 11.1. The summed E-state index contributed by atoms with van der Waals surface area (Å²) in [5.41, 5.74) is 0.958. The van der Waals surface area contributed by atoms with Gasteiger partial charge in [0.05, 0.1) is 30.7 Å². The van der Waals surface area contributed by atoms with E-state index in [9.17, 15) is 24.9 Å². The lowest BCUT2D eigenvalue weighted by Gasteiger charge is -2.44. The fourth-order valence-electron chi connectivity index (χ4n) is 4.53. The summed E-state index contributed by atoms with van der Waals surface area (Å²) in [4.78, 5) is 23.1. The molecule has 0 aromatic rings. The van der Waals surface area contributed by atoms with Gasteiger partial charge in [-0.2, -0.15) is 0 Å². The molecule has 7 heteroatoms. The van der Waals surface area contributed by atoms with Crippen molar-refractivity contribution in [3.8, 4) is 0 Å². The van der Waals surface area contributed by atoms with E-state index in [1.807, 2.05) is 39.0 Å². The number of carbonyl (C=O) groups is 2. The molecule has 2 aliphatic carbocycles. The first-order valence-corrected chi connectivity index (χ1v) is 11.0. The van der Waals surface area contributed by atoms with Crippen LogP contribution in [0, 0.1) is 23.7 Å². The Morgan fingerprint density at radius 1 is 1.27 bits per heavy atom. The van der Waals surface area contributed by atoms with Crippen molar-refractivity contribution < 1.29 is 34.8 Å². The predicted octanol–water partition coefficient (Wildman–Crippen LogP) is 2.44. The number of carboxylic acids is 1. The molecule has 0 heterocycles. The highest BCUT2D eigenvalue weighted by atomic mass is 16.5. The van der Waals surface area contributed by atoms with E-state index < -0.39 is 30.7 Å². The molecule has 0 amide bonds. The van der Waals surface area contributed by atoms with Gasteiger partial charge in [0.25, 0.3) is 0 Å². The number of fused-ring (bicyclic) bond motifs is 1. The molecule has 0 aromatic carbocycles. The highest BCUT2D eigenvalue weighted by Crippen LogP contribution is 2.44. The fraction of sp³-hybridized carbons (Fsp3) is 0.739. The van der Waals surface area contributed by atoms with Crippen molar-refractivity contribution in [1.29, 1.82) is 0 Å². The second-order valence-corrected chi connectivity index (χ2v) is 8.85. The quantitative estimate of drug-likeness (QED) is 0.397. The molecule has 7 nitrogen and oxygen atoms in total. The molecule has 8 unspecified atom stereocenters. The zero-order valence-electron chi connectivity index (χ0n) is 18.1. The smallest absolute Gasteiger partial charge is 0.308 e. The highest BCUT2D eigenvalue weighted by Gasteiger charge is 2.43. The van der Waals surface area contributed by atoms with Gasteiger partial charge < -0.3 is 25.2 Å². The van der Waals surface area contributed by atoms with E-state index in [1.165, 1.54) is 0 Å². The van der Waals surface area contributed by atoms with Crippen molar-refractivity contribution in [1.82, 2.24) is 0 Å². The van der Waals surface area contributed by atoms with Gasteiger partial charge in [0.2, 0.25) is 0 Å². The average molecular weight is 425 g/mol. The van der Waals surface area contributed by atoms with Crippen LogP contribution in [0.1, 0.15) is 59.3 Å². The summed E-state index contributed by atoms with van der Waals surface area (Å²) in [6, 6.07) is 0. The van der Waals surface area contributed by atoms with Gasteiger partial charge in [-0.25, -0.2) is 0 Å². The summed E-state index contributed by atoms with van der Waals surface area (Å²) in [5.74, 6) is -1.64. The summed E-state index contributed by atoms with van der Waals surface area (Å²) < 4.78 is 5.86. The third kappa shape index (κ3) is 6.40. The van der Waals surface area contributed by atoms with Crippen LogP contribution in [0.4, 0.5) is 0 Å². The van der Waals surface area contributed by atoms with Crippen LogP contribution in [0.5, 0.6) is 0 Å². The third-order valence-electron chi connectivity index (χ3n) is 6.57. The lowest BCUT2D eigenvalue weighted by atomic mass is 9.65. The number of carbonyl (C=O) groups excluding carboxylic acids is 1. The van der Waals surface area contributed by atoms with Gasteiger partial charge in [0.15, 0.2) is 0 Å². The van der Waals surface area contributed by atoms with Crippen LogP contribution in [0.2, 0.25) is 0 Å². The fourth-order valence-corrected chi connectivity index (χ4v) is 4.53. The Hall–Kier alpha value is -1.70. The summed E-state index contributed by atoms with van der Waals surface area (Å²) in [6.07, 6.45) is 4.79. The minimum atomic E-state index is -1.10. The first kappa shape index (κ1) is 24.6. The Morgan fingerprint density at radius 2 is 1.97 bits per heavy atom. The van der Waals surface area contributed by atoms with Crippen LogP contribution in [0.3, 0.4) is 0 Å². The van der Waals surface area contributed by atoms with Gasteiger partial charge in [0, 0.05) is 12.3 Å². The van der Waals surface area contributed by atoms with Gasteiger partial charge in [-0.1, -0.05) is 39.0 Å². The topological polar surface area (TPSA) is 124 Å². The van der Waals surface area contributed by atoms with Crippen molar-refractivity contribution in [2.75, 3.05) is 0 Å². The van der Waals surface area contributed by atoms with E-state index in [-0.39, 0.29) is 42.2 Å². The minimum Gasteiger partial charge on any atom is -0.481 e. The number of allylic oxidation sites excluding steroid dienone is 1. The SMILES string of the molecule is CCC(C)C(=O)OC1CC=CC2=CC(O)C(C)C(CCC(O)CC(O)CC(=O)O)C21. The molecular weight excluding hydrogens is 388 g/mol. The zero-order valence-corrected chi connectivity index (χ0v) is 18.1. The molecule has 30 heavy (non-hydrogen) atoms. The average Bonchev–Trinajstić information content (AvgIpc) is 2.67. The maximum absolute atomic E-state index is 12.4. The van der Waals surface area contributed by atoms with Gasteiger partial charge in [-0.05, 0) is 43.1 Å². The molecule has 0 aromatic heterocycles. The van der Waals surface area contributed by atoms with Crippen LogP contribution < -0.4 is 0 Å². The number of rotatable bonds is 10. The maximum Gasteiger partial charge on any atom is 0.308 e. The first-order valence-electron chi connectivity index (χ1n) is 11.0. The molecule has 0 spiro atoms. The number of ether oxygens (including phenoxy) is 1. The second-order valence-electron chi connectivity index (χ2n) is 8.85. The number of hydrogen-bond donors (Lipinski definition) is 4. The van der Waals surface area contributed by atoms with Gasteiger partial charge in [-0.15, -0.1) is 0 Å². The predicted molar refractivity (Wildman–Crippen MR) is 111 cm³/mol. The molecule has 170 valence electrons. The standard InChI is InChI=1S/C23H36O7/c1-4-13(2)23(29)30-20-7-5-6-15-10-19(26)14(3)18(22(15)20)9-8-16(24)11-17(25)12-21(27)28/h5-6,10,13-14,16-20,22,24-26H,4,7-9,11-12H2,1-3H3,(H,27,28). The molecule has 0 bridgehead atoms. The molecule has 4 N–H and O–H groups in total. The molecule has 0 aliphatic heterocycles. The van der Waals surface area contributed by atoms with Crippen molar-refractivity contribution >= 4 is 11.9 Å². The number of carboxylic acid groups (broad SMARTS) is 1. The van der Waals surface area contributed by atoms with Crippen LogP contribution in [0.15, 0.2) is 23.8 Å². The van der Waals surface area contributed by atoms with E-state index in [4.69, 9.17) is 9.84 Å². The Kier molecular flexibility index (Phi) is 9.07. The van der Waals surface area contributed by atoms with Crippen LogP contribution in [-0.4, -0.2) is 56.8 Å². The molecule has 2 rings (SSSR count). The Morgan fingerprint density at radius 3 is 2.60 bits per heavy atom. The van der Waals surface area contributed by atoms with Crippen LogP contribution >= 0.6 is 0 Å². The molecule has 0 saturated heterocycles. The highest BCUT2D eigenvalue weighted by molar-refractivity contribution is 5.72. The van der Waals surface area contributed by atoms with Crippen molar-refractivity contribution in [2.45, 2.75) is 83.7 Å². The third-order valence-corrected chi connectivity index (χ3v) is 6.57. The molecule has 0 saturated carbocycles. The van der Waals surface area contributed by atoms with Crippen molar-refractivity contribution in [3.05, 3.63) is 23.8 Å². The molecule has 0 radical (unpaired) electrons. The molecular formula is C23H36O7. The lowest BCUT2D eigenvalue weighted by Crippen LogP contribution is -2.44. The summed E-state index contributed by atoms with van der Waals surface area (Å²) in [6.45, 7) is 5.75. The van der Waals surface area contributed by atoms with Gasteiger partial charge in [-0.3, -0.25) is 9.59 Å². The Labute approximate surface area is 178 Å². The monoisotopic (exact) mass is 424 g/mol. The van der Waals surface area contributed by atoms with E-state index in [0.717, 1.165) is 5.57 Å². The van der Waals surface area contributed by atoms with E-state index in [2.05, 4.69) is 0 Å². The number of aliphatic hydroxyl groups excluding tert-OH is 3. The van der Waals surface area contributed by atoms with Crippen LogP contribution in [-0.2, 0) is 14.3 Å². The Bertz CT molecular complexity index is 656. The number of aliphatic hydroxyl groups is 3. The molecule has 0 fully saturated rings. The largest absolute Gasteiger partial charge is 0.481 e. The van der Waals surface area contributed by atoms with Gasteiger partial charge in [0.1, 0.15) is 6.10 Å². The normalized spacial score (nSPS) is 31.3. The maximum atomic E-state index is 12.4. The van der Waals surface area contributed by atoms with E-state index in [1.54, 1.807) is 0 Å². The first-order chi connectivity index (χ1) is 14.1. The summed E-state index contributed by atoms with van der Waals surface area (Å²) in [5, 5.41) is 39.3. The molecule has 8 atom stereocenters.